The molecule has 0 radical (unpaired) electrons. The van der Waals surface area contributed by atoms with E-state index >= 15 is 0 Å². The van der Waals surface area contributed by atoms with E-state index < -0.39 is 5.91 Å². The predicted octanol–water partition coefficient (Wildman–Crippen LogP) is 2.41. The number of primary amides is 1. The van der Waals surface area contributed by atoms with Crippen LogP contribution in [0.4, 0.5) is 5.00 Å². The van der Waals surface area contributed by atoms with Gasteiger partial charge in [-0.1, -0.05) is 0 Å². The maximum atomic E-state index is 12.6. The molecule has 2 heterocycles. The molecule has 2 aromatic rings. The van der Waals surface area contributed by atoms with E-state index in [0.29, 0.717) is 30.3 Å². The Morgan fingerprint density at radius 2 is 2.19 bits per heavy atom. The molecule has 0 aliphatic heterocycles. The van der Waals surface area contributed by atoms with Gasteiger partial charge in [-0.3, -0.25) is 14.5 Å². The number of fused-ring (bicyclic) bond motifs is 1. The average Bonchev–Trinajstić information content (AvgIpc) is 3.26. The number of nitrogens with zero attached hydrogens (tertiary/aromatic N) is 1. The Hall–Kier alpha value is -2.16. The number of carbonyl (C=O) groups is 2. The highest BCUT2D eigenvalue weighted by molar-refractivity contribution is 7.17. The van der Waals surface area contributed by atoms with Crippen molar-refractivity contribution in [3.8, 4) is 0 Å². The zero-order valence-corrected chi connectivity index (χ0v) is 16.3. The third-order valence-corrected chi connectivity index (χ3v) is 5.82. The first-order chi connectivity index (χ1) is 13.1. The van der Waals surface area contributed by atoms with E-state index in [1.165, 1.54) is 11.3 Å². The summed E-state index contributed by atoms with van der Waals surface area (Å²) in [6.45, 7) is 1.78. The Morgan fingerprint density at radius 1 is 1.37 bits per heavy atom. The van der Waals surface area contributed by atoms with Crippen LogP contribution in [0.5, 0.6) is 0 Å². The van der Waals surface area contributed by atoms with Crippen LogP contribution in [-0.2, 0) is 28.9 Å². The van der Waals surface area contributed by atoms with Crippen LogP contribution in [0.15, 0.2) is 22.8 Å². The molecule has 8 heteroatoms. The topological polar surface area (TPSA) is 97.8 Å². The standard InChI is InChI=1S/C19H25N3O4S/c1-25-10-8-22(11-13-5-4-9-26-13)12-16(23)21-19-17(18(20)24)14-6-2-3-7-15(14)27-19/h4-5,9H,2-3,6-8,10-12H2,1H3,(H2,20,24)(H,21,23). The lowest BCUT2D eigenvalue weighted by molar-refractivity contribution is -0.117. The van der Waals surface area contributed by atoms with Gasteiger partial charge < -0.3 is 20.2 Å². The Balaban J connectivity index is 1.69. The van der Waals surface area contributed by atoms with Gasteiger partial charge in [0.05, 0.1) is 31.5 Å². The van der Waals surface area contributed by atoms with Crippen molar-refractivity contribution in [2.24, 2.45) is 5.73 Å². The van der Waals surface area contributed by atoms with Crippen molar-refractivity contribution in [3.05, 3.63) is 40.2 Å². The summed E-state index contributed by atoms with van der Waals surface area (Å²) < 4.78 is 10.5. The van der Waals surface area contributed by atoms with Crippen LogP contribution in [-0.4, -0.2) is 43.5 Å². The highest BCUT2D eigenvalue weighted by Crippen LogP contribution is 2.37. The molecular formula is C19H25N3O4S. The lowest BCUT2D eigenvalue weighted by atomic mass is 9.95. The van der Waals surface area contributed by atoms with Gasteiger partial charge in [-0.25, -0.2) is 0 Å². The van der Waals surface area contributed by atoms with Gasteiger partial charge in [-0.05, 0) is 43.4 Å². The SMILES string of the molecule is COCCN(CC(=O)Nc1sc2c(c1C(N)=O)CCCC2)Cc1ccco1. The second-order valence-corrected chi connectivity index (χ2v) is 7.72. The maximum Gasteiger partial charge on any atom is 0.251 e. The van der Waals surface area contributed by atoms with Crippen LogP contribution in [0.25, 0.3) is 0 Å². The van der Waals surface area contributed by atoms with E-state index in [4.69, 9.17) is 14.9 Å². The molecule has 2 amide bonds. The number of hydrogen-bond acceptors (Lipinski definition) is 6. The lowest BCUT2D eigenvalue weighted by Gasteiger charge is -2.20. The minimum absolute atomic E-state index is 0.171. The molecule has 0 saturated heterocycles. The van der Waals surface area contributed by atoms with E-state index in [1.807, 2.05) is 17.0 Å². The number of ether oxygens (including phenoxy) is 1. The third kappa shape index (κ3) is 4.97. The molecule has 1 aliphatic rings. The summed E-state index contributed by atoms with van der Waals surface area (Å²) in [4.78, 5) is 27.7. The molecule has 0 unspecified atom stereocenters. The largest absolute Gasteiger partial charge is 0.468 e. The van der Waals surface area contributed by atoms with E-state index in [0.717, 1.165) is 41.9 Å². The number of rotatable bonds is 9. The molecule has 0 spiro atoms. The fraction of sp³-hybridized carbons (Fsp3) is 0.474. The summed E-state index contributed by atoms with van der Waals surface area (Å²) in [5.41, 5.74) is 7.09. The molecule has 3 rings (SSSR count). The first kappa shape index (κ1) is 19.6. The molecule has 0 bridgehead atoms. The van der Waals surface area contributed by atoms with Crippen LogP contribution in [0.1, 0.15) is 39.4 Å². The van der Waals surface area contributed by atoms with E-state index in [1.54, 1.807) is 13.4 Å². The first-order valence-electron chi connectivity index (χ1n) is 9.06. The fourth-order valence-electron chi connectivity index (χ4n) is 3.34. The van der Waals surface area contributed by atoms with Gasteiger partial charge in [-0.15, -0.1) is 11.3 Å². The Kier molecular flexibility index (Phi) is 6.65. The normalized spacial score (nSPS) is 13.6. The van der Waals surface area contributed by atoms with E-state index in [2.05, 4.69) is 5.32 Å². The van der Waals surface area contributed by atoms with Gasteiger partial charge >= 0.3 is 0 Å². The number of carbonyl (C=O) groups excluding carboxylic acids is 2. The quantitative estimate of drug-likeness (QED) is 0.684. The average molecular weight is 391 g/mol. The second kappa shape index (κ2) is 9.16. The summed E-state index contributed by atoms with van der Waals surface area (Å²) >= 11 is 1.47. The smallest absolute Gasteiger partial charge is 0.251 e. The number of furan rings is 1. The fourth-order valence-corrected chi connectivity index (χ4v) is 4.65. The molecule has 0 saturated carbocycles. The molecule has 2 aromatic heterocycles. The van der Waals surface area contributed by atoms with Gasteiger partial charge in [0, 0.05) is 18.5 Å². The molecule has 0 atom stereocenters. The molecule has 0 fully saturated rings. The zero-order chi connectivity index (χ0) is 19.2. The van der Waals surface area contributed by atoms with Crippen molar-refractivity contribution in [1.29, 1.82) is 0 Å². The van der Waals surface area contributed by atoms with E-state index in [-0.39, 0.29) is 12.5 Å². The van der Waals surface area contributed by atoms with Crippen molar-refractivity contribution in [2.45, 2.75) is 32.2 Å². The van der Waals surface area contributed by atoms with Gasteiger partial charge in [-0.2, -0.15) is 0 Å². The van der Waals surface area contributed by atoms with Crippen molar-refractivity contribution in [3.63, 3.8) is 0 Å². The first-order valence-corrected chi connectivity index (χ1v) is 9.88. The van der Waals surface area contributed by atoms with Crippen LogP contribution in [0.3, 0.4) is 0 Å². The summed E-state index contributed by atoms with van der Waals surface area (Å²) in [5.74, 6) is 0.124. The number of anilines is 1. The van der Waals surface area contributed by atoms with Crippen molar-refractivity contribution in [1.82, 2.24) is 4.90 Å². The summed E-state index contributed by atoms with van der Waals surface area (Å²) in [6.07, 6.45) is 5.55. The number of aryl methyl sites for hydroxylation is 1. The van der Waals surface area contributed by atoms with Crippen LogP contribution in [0, 0.1) is 0 Å². The minimum atomic E-state index is -0.475. The van der Waals surface area contributed by atoms with Crippen LogP contribution in [0.2, 0.25) is 0 Å². The Labute approximate surface area is 162 Å². The Bertz CT molecular complexity index is 785. The highest BCUT2D eigenvalue weighted by Gasteiger charge is 2.25. The molecule has 27 heavy (non-hydrogen) atoms. The molecule has 0 aromatic carbocycles. The molecule has 146 valence electrons. The number of methoxy groups -OCH3 is 1. The summed E-state index contributed by atoms with van der Waals surface area (Å²) in [7, 11) is 1.63. The Morgan fingerprint density at radius 3 is 2.89 bits per heavy atom. The molecular weight excluding hydrogens is 366 g/mol. The van der Waals surface area contributed by atoms with Gasteiger partial charge in [0.2, 0.25) is 5.91 Å². The third-order valence-electron chi connectivity index (χ3n) is 4.61. The lowest BCUT2D eigenvalue weighted by Crippen LogP contribution is -2.35. The van der Waals surface area contributed by atoms with Gasteiger partial charge in [0.25, 0.3) is 5.91 Å². The van der Waals surface area contributed by atoms with Gasteiger partial charge in [0.1, 0.15) is 10.8 Å². The molecule has 1 aliphatic carbocycles. The maximum absolute atomic E-state index is 12.6. The van der Waals surface area contributed by atoms with Crippen LogP contribution < -0.4 is 11.1 Å². The predicted molar refractivity (Wildman–Crippen MR) is 104 cm³/mol. The number of nitrogens with one attached hydrogen (secondary N) is 1. The summed E-state index contributed by atoms with van der Waals surface area (Å²) in [6, 6.07) is 3.69. The number of amides is 2. The van der Waals surface area contributed by atoms with Gasteiger partial charge in [0.15, 0.2) is 0 Å². The highest BCUT2D eigenvalue weighted by atomic mass is 32.1. The monoisotopic (exact) mass is 391 g/mol. The molecule has 3 N–H and O–H groups in total. The number of thiophene rings is 1. The van der Waals surface area contributed by atoms with Crippen LogP contribution >= 0.6 is 11.3 Å². The number of hydrogen-bond donors (Lipinski definition) is 2. The van der Waals surface area contributed by atoms with Crippen molar-refractivity contribution < 1.29 is 18.7 Å². The van der Waals surface area contributed by atoms with Crippen molar-refractivity contribution in [2.75, 3.05) is 32.1 Å². The second-order valence-electron chi connectivity index (χ2n) is 6.61. The molecule has 7 nitrogen and oxygen atoms in total. The number of nitrogens with two attached hydrogens (primary N) is 1. The van der Waals surface area contributed by atoms with E-state index in [9.17, 15) is 9.59 Å². The summed E-state index contributed by atoms with van der Waals surface area (Å²) in [5, 5.41) is 3.47. The zero-order valence-electron chi connectivity index (χ0n) is 15.5. The van der Waals surface area contributed by atoms with Crippen molar-refractivity contribution >= 4 is 28.2 Å². The minimum Gasteiger partial charge on any atom is -0.468 e.